The van der Waals surface area contributed by atoms with Crippen LogP contribution in [0.25, 0.3) is 0 Å². The highest BCUT2D eigenvalue weighted by Crippen LogP contribution is 2.13. The molecule has 14 heavy (non-hydrogen) atoms. The predicted molar refractivity (Wildman–Crippen MR) is 45.9 cm³/mol. The number of carbonyl (C=O) groups is 3. The van der Waals surface area contributed by atoms with E-state index < -0.39 is 18.0 Å². The molecule has 6 heteroatoms. The number of likely N-dealkylation sites (tertiary alicyclic amines) is 1. The van der Waals surface area contributed by atoms with Crippen molar-refractivity contribution in [1.82, 2.24) is 4.90 Å². The van der Waals surface area contributed by atoms with Crippen molar-refractivity contribution in [2.45, 2.75) is 19.4 Å². The molecule has 6 nitrogen and oxygen atoms in total. The van der Waals surface area contributed by atoms with Crippen LogP contribution in [-0.2, 0) is 19.1 Å². The fraction of sp³-hybridized carbons (Fsp3) is 0.625. The summed E-state index contributed by atoms with van der Waals surface area (Å²) >= 11 is 0. The molecule has 0 saturated carbocycles. The molecule has 0 radical (unpaired) electrons. The zero-order valence-corrected chi connectivity index (χ0v) is 7.86. The lowest BCUT2D eigenvalue weighted by atomic mass is 10.3. The Hall–Kier alpha value is -1.59. The van der Waals surface area contributed by atoms with Gasteiger partial charge in [0.2, 0.25) is 5.91 Å². The summed E-state index contributed by atoms with van der Waals surface area (Å²) in [6.07, 6.45) is -0.321. The molecule has 78 valence electrons. The molecule has 0 spiro atoms. The summed E-state index contributed by atoms with van der Waals surface area (Å²) in [5.74, 6) is -1.41. The Kier molecular flexibility index (Phi) is 3.06. The number of rotatable bonds is 3. The number of nitrogens with zero attached hydrogens (tertiary/aromatic N) is 1. The van der Waals surface area contributed by atoms with E-state index in [2.05, 4.69) is 0 Å². The zero-order chi connectivity index (χ0) is 10.7. The van der Waals surface area contributed by atoms with Crippen LogP contribution in [0.15, 0.2) is 0 Å². The lowest BCUT2D eigenvalue weighted by Crippen LogP contribution is -2.37. The summed E-state index contributed by atoms with van der Waals surface area (Å²) < 4.78 is 4.75. The smallest absolute Gasteiger partial charge is 0.303 e. The third kappa shape index (κ3) is 2.45. The van der Waals surface area contributed by atoms with E-state index in [1.165, 1.54) is 11.8 Å². The second-order valence-corrected chi connectivity index (χ2v) is 3.11. The van der Waals surface area contributed by atoms with Gasteiger partial charge in [0.15, 0.2) is 6.10 Å². The fourth-order valence-corrected chi connectivity index (χ4v) is 1.37. The maximum atomic E-state index is 11.4. The Morgan fingerprint density at radius 1 is 1.64 bits per heavy atom. The van der Waals surface area contributed by atoms with Gasteiger partial charge < -0.3 is 15.4 Å². The molecule has 0 aliphatic carbocycles. The summed E-state index contributed by atoms with van der Waals surface area (Å²) in [6, 6.07) is 0. The van der Waals surface area contributed by atoms with Crippen LogP contribution in [-0.4, -0.2) is 41.9 Å². The van der Waals surface area contributed by atoms with Gasteiger partial charge in [-0.3, -0.25) is 14.4 Å². The van der Waals surface area contributed by atoms with E-state index in [1.807, 2.05) is 0 Å². The highest BCUT2D eigenvalue weighted by atomic mass is 16.5. The van der Waals surface area contributed by atoms with Gasteiger partial charge in [0.25, 0.3) is 5.91 Å². The molecule has 0 bridgehead atoms. The maximum absolute atomic E-state index is 11.4. The molecular weight excluding hydrogens is 188 g/mol. The molecule has 1 rings (SSSR count). The first-order valence-electron chi connectivity index (χ1n) is 4.25. The first-order valence-corrected chi connectivity index (χ1v) is 4.25. The Morgan fingerprint density at radius 2 is 2.29 bits per heavy atom. The van der Waals surface area contributed by atoms with Gasteiger partial charge in [-0.05, 0) is 0 Å². The number of carbonyl (C=O) groups excluding carboxylic acids is 3. The van der Waals surface area contributed by atoms with Crippen molar-refractivity contribution in [3.05, 3.63) is 0 Å². The molecule has 1 fully saturated rings. The Morgan fingerprint density at radius 3 is 2.79 bits per heavy atom. The highest BCUT2D eigenvalue weighted by molar-refractivity contribution is 5.89. The van der Waals surface area contributed by atoms with Crippen molar-refractivity contribution < 1.29 is 19.1 Å². The van der Waals surface area contributed by atoms with Crippen molar-refractivity contribution in [2.75, 3.05) is 13.1 Å². The maximum Gasteiger partial charge on any atom is 0.303 e. The molecule has 0 aromatic carbocycles. The zero-order valence-electron chi connectivity index (χ0n) is 7.86. The molecule has 2 amide bonds. The number of hydrogen-bond acceptors (Lipinski definition) is 4. The van der Waals surface area contributed by atoms with Crippen molar-refractivity contribution in [3.63, 3.8) is 0 Å². The van der Waals surface area contributed by atoms with E-state index in [0.29, 0.717) is 13.0 Å². The molecule has 1 saturated heterocycles. The molecule has 0 aromatic heterocycles. The van der Waals surface area contributed by atoms with E-state index in [0.717, 1.165) is 0 Å². The van der Waals surface area contributed by atoms with Crippen LogP contribution in [0.4, 0.5) is 0 Å². The van der Waals surface area contributed by atoms with E-state index in [1.54, 1.807) is 0 Å². The Balaban J connectivity index is 2.51. The van der Waals surface area contributed by atoms with Crippen molar-refractivity contribution >= 4 is 17.8 Å². The SMILES string of the molecule is CC(=O)O[C@@H]1CCN(CC(N)=O)C1=O. The molecule has 1 heterocycles. The summed E-state index contributed by atoms with van der Waals surface area (Å²) in [6.45, 7) is 1.53. The Labute approximate surface area is 81.0 Å². The van der Waals surface area contributed by atoms with Gasteiger partial charge in [0.05, 0.1) is 6.54 Å². The van der Waals surface area contributed by atoms with Crippen LogP contribution >= 0.6 is 0 Å². The number of ether oxygens (including phenoxy) is 1. The summed E-state index contributed by atoms with van der Waals surface area (Å²) in [7, 11) is 0. The molecule has 1 aliphatic heterocycles. The highest BCUT2D eigenvalue weighted by Gasteiger charge is 2.34. The van der Waals surface area contributed by atoms with Gasteiger partial charge in [-0.2, -0.15) is 0 Å². The topological polar surface area (TPSA) is 89.7 Å². The van der Waals surface area contributed by atoms with Gasteiger partial charge in [0.1, 0.15) is 0 Å². The van der Waals surface area contributed by atoms with E-state index in [-0.39, 0.29) is 12.5 Å². The summed E-state index contributed by atoms with van der Waals surface area (Å²) in [5, 5.41) is 0. The third-order valence-electron chi connectivity index (χ3n) is 1.90. The predicted octanol–water partition coefficient (Wildman–Crippen LogP) is -1.36. The monoisotopic (exact) mass is 200 g/mol. The summed E-state index contributed by atoms with van der Waals surface area (Å²) in [4.78, 5) is 33.8. The van der Waals surface area contributed by atoms with E-state index in [9.17, 15) is 14.4 Å². The minimum absolute atomic E-state index is 0.114. The number of nitrogens with two attached hydrogens (primary N) is 1. The van der Waals surface area contributed by atoms with Crippen LogP contribution in [0.1, 0.15) is 13.3 Å². The van der Waals surface area contributed by atoms with Crippen molar-refractivity contribution in [2.24, 2.45) is 5.73 Å². The first-order chi connectivity index (χ1) is 6.50. The molecule has 2 N–H and O–H groups in total. The van der Waals surface area contributed by atoms with Crippen LogP contribution < -0.4 is 5.73 Å². The normalized spacial score (nSPS) is 21.1. The number of amides is 2. The lowest BCUT2D eigenvalue weighted by Gasteiger charge is -2.13. The third-order valence-corrected chi connectivity index (χ3v) is 1.90. The van der Waals surface area contributed by atoms with Gasteiger partial charge in [-0.1, -0.05) is 0 Å². The van der Waals surface area contributed by atoms with Gasteiger partial charge in [0, 0.05) is 19.9 Å². The van der Waals surface area contributed by atoms with Crippen molar-refractivity contribution in [1.29, 1.82) is 0 Å². The average molecular weight is 200 g/mol. The van der Waals surface area contributed by atoms with E-state index in [4.69, 9.17) is 10.5 Å². The van der Waals surface area contributed by atoms with Crippen LogP contribution in [0.2, 0.25) is 0 Å². The van der Waals surface area contributed by atoms with Crippen molar-refractivity contribution in [3.8, 4) is 0 Å². The van der Waals surface area contributed by atoms with Crippen LogP contribution in [0.5, 0.6) is 0 Å². The molecule has 0 unspecified atom stereocenters. The molecular formula is C8H12N2O4. The number of primary amides is 1. The summed E-state index contributed by atoms with van der Waals surface area (Å²) in [5.41, 5.74) is 4.94. The fourth-order valence-electron chi connectivity index (χ4n) is 1.37. The van der Waals surface area contributed by atoms with Gasteiger partial charge in [-0.25, -0.2) is 0 Å². The Bertz CT molecular complexity index is 251. The van der Waals surface area contributed by atoms with Gasteiger partial charge >= 0.3 is 5.97 Å². The second kappa shape index (κ2) is 4.08. The first kappa shape index (κ1) is 10.5. The van der Waals surface area contributed by atoms with E-state index >= 15 is 0 Å². The van der Waals surface area contributed by atoms with Crippen LogP contribution in [0, 0.1) is 0 Å². The lowest BCUT2D eigenvalue weighted by molar-refractivity contribution is -0.154. The average Bonchev–Trinajstić information content (AvgIpc) is 2.34. The standard InChI is InChI=1S/C8H12N2O4/c1-5(11)14-6-2-3-10(8(6)13)4-7(9)12/h6H,2-4H2,1H3,(H2,9,12)/t6-/m1/s1. The molecule has 1 aliphatic rings. The minimum Gasteiger partial charge on any atom is -0.452 e. The van der Waals surface area contributed by atoms with Gasteiger partial charge in [-0.15, -0.1) is 0 Å². The molecule has 0 aromatic rings. The quantitative estimate of drug-likeness (QED) is 0.569. The largest absolute Gasteiger partial charge is 0.452 e. The number of esters is 1. The van der Waals surface area contributed by atoms with Crippen LogP contribution in [0.3, 0.4) is 0 Å². The minimum atomic E-state index is -0.744. The number of hydrogen-bond donors (Lipinski definition) is 1. The molecule has 1 atom stereocenters. The second-order valence-electron chi connectivity index (χ2n) is 3.11.